The van der Waals surface area contributed by atoms with Gasteiger partial charge < -0.3 is 19.3 Å². The quantitative estimate of drug-likeness (QED) is 0.713. The zero-order valence-corrected chi connectivity index (χ0v) is 18.9. The van der Waals surface area contributed by atoms with Gasteiger partial charge in [-0.1, -0.05) is 24.3 Å². The molecule has 4 aliphatic rings. The van der Waals surface area contributed by atoms with Crippen LogP contribution in [-0.4, -0.2) is 54.6 Å². The maximum absolute atomic E-state index is 13.2. The van der Waals surface area contributed by atoms with Crippen LogP contribution >= 0.6 is 0 Å². The summed E-state index contributed by atoms with van der Waals surface area (Å²) in [4.78, 5) is 30.1. The fraction of sp³-hybridized carbons (Fsp3) is 0.481. The lowest BCUT2D eigenvalue weighted by atomic mass is 9.73. The third-order valence-electron chi connectivity index (χ3n) is 8.12. The molecule has 0 bridgehead atoms. The van der Waals surface area contributed by atoms with Crippen molar-refractivity contribution in [3.63, 3.8) is 0 Å². The number of fused-ring (bicyclic) bond motifs is 3. The van der Waals surface area contributed by atoms with Gasteiger partial charge in [-0.2, -0.15) is 0 Å². The Morgan fingerprint density at radius 3 is 2.48 bits per heavy atom. The number of likely N-dealkylation sites (tertiary alicyclic amines) is 2. The van der Waals surface area contributed by atoms with Crippen LogP contribution in [-0.2, 0) is 10.2 Å². The van der Waals surface area contributed by atoms with E-state index in [-0.39, 0.29) is 24.0 Å². The van der Waals surface area contributed by atoms with E-state index in [9.17, 15) is 9.59 Å². The number of carbonyl (C=O) groups is 2. The highest BCUT2D eigenvalue weighted by Crippen LogP contribution is 2.53. The fourth-order valence-corrected chi connectivity index (χ4v) is 6.34. The zero-order chi connectivity index (χ0) is 22.4. The van der Waals surface area contributed by atoms with Crippen LogP contribution in [0, 0.1) is 0 Å². The van der Waals surface area contributed by atoms with Crippen molar-refractivity contribution in [2.45, 2.75) is 49.9 Å². The number of nitrogens with zero attached hydrogens (tertiary/aromatic N) is 2. The van der Waals surface area contributed by atoms with Crippen molar-refractivity contribution in [3.8, 4) is 11.5 Å². The van der Waals surface area contributed by atoms with E-state index in [0.29, 0.717) is 29.4 Å². The maximum atomic E-state index is 13.2. The normalized spacial score (nSPS) is 22.6. The van der Waals surface area contributed by atoms with E-state index in [2.05, 4.69) is 24.3 Å². The number of hydrogen-bond donors (Lipinski definition) is 0. The number of piperidine rings is 1. The summed E-state index contributed by atoms with van der Waals surface area (Å²) in [5.41, 5.74) is 3.47. The number of rotatable bonds is 3. The lowest BCUT2D eigenvalue weighted by Gasteiger charge is -2.40. The van der Waals surface area contributed by atoms with Gasteiger partial charge in [0.05, 0.1) is 0 Å². The first-order valence-electron chi connectivity index (χ1n) is 12.2. The molecule has 3 heterocycles. The van der Waals surface area contributed by atoms with Gasteiger partial charge >= 0.3 is 0 Å². The molecule has 0 N–H and O–H groups in total. The Labute approximate surface area is 194 Å². The summed E-state index contributed by atoms with van der Waals surface area (Å²) < 4.78 is 10.8. The Kier molecular flexibility index (Phi) is 5.04. The third kappa shape index (κ3) is 3.56. The van der Waals surface area contributed by atoms with Crippen molar-refractivity contribution in [3.05, 3.63) is 59.2 Å². The molecule has 0 aromatic heterocycles. The molecule has 6 nitrogen and oxygen atoms in total. The van der Waals surface area contributed by atoms with Crippen molar-refractivity contribution in [1.29, 1.82) is 0 Å². The second-order valence-corrected chi connectivity index (χ2v) is 9.92. The number of hydrogen-bond acceptors (Lipinski definition) is 4. The van der Waals surface area contributed by atoms with E-state index >= 15 is 0 Å². The van der Waals surface area contributed by atoms with Crippen LogP contribution in [0.15, 0.2) is 42.5 Å². The summed E-state index contributed by atoms with van der Waals surface area (Å²) in [6, 6.07) is 14.1. The van der Waals surface area contributed by atoms with Crippen LogP contribution in [0.1, 0.15) is 65.9 Å². The average molecular weight is 447 g/mol. The van der Waals surface area contributed by atoms with Gasteiger partial charge in [0, 0.05) is 38.2 Å². The molecule has 1 aliphatic carbocycles. The van der Waals surface area contributed by atoms with Crippen molar-refractivity contribution in [1.82, 2.24) is 9.80 Å². The van der Waals surface area contributed by atoms with E-state index in [1.807, 2.05) is 21.9 Å². The maximum Gasteiger partial charge on any atom is 0.253 e. The molecule has 1 spiro atoms. The van der Waals surface area contributed by atoms with E-state index in [4.69, 9.17) is 9.47 Å². The first-order chi connectivity index (χ1) is 16.1. The first kappa shape index (κ1) is 20.6. The lowest BCUT2D eigenvalue weighted by molar-refractivity contribution is -0.130. The summed E-state index contributed by atoms with van der Waals surface area (Å²) >= 11 is 0. The first-order valence-corrected chi connectivity index (χ1v) is 12.2. The smallest absolute Gasteiger partial charge is 0.253 e. The van der Waals surface area contributed by atoms with Gasteiger partial charge in [-0.05, 0) is 72.8 Å². The van der Waals surface area contributed by atoms with E-state index in [0.717, 1.165) is 58.3 Å². The number of amides is 2. The monoisotopic (exact) mass is 446 g/mol. The van der Waals surface area contributed by atoms with Crippen LogP contribution < -0.4 is 9.47 Å². The highest BCUT2D eigenvalue weighted by Gasteiger charge is 2.46. The van der Waals surface area contributed by atoms with E-state index in [1.165, 1.54) is 11.1 Å². The molecular weight excluding hydrogens is 416 g/mol. The van der Waals surface area contributed by atoms with Crippen molar-refractivity contribution < 1.29 is 19.1 Å². The van der Waals surface area contributed by atoms with Gasteiger partial charge in [-0.25, -0.2) is 0 Å². The predicted octanol–water partition coefficient (Wildman–Crippen LogP) is 4.09. The Bertz CT molecular complexity index is 1080. The van der Waals surface area contributed by atoms with Crippen LogP contribution in [0.25, 0.3) is 0 Å². The van der Waals surface area contributed by atoms with Crippen LogP contribution in [0.2, 0.25) is 0 Å². The molecule has 2 saturated heterocycles. The summed E-state index contributed by atoms with van der Waals surface area (Å²) in [7, 11) is 0. The third-order valence-corrected chi connectivity index (χ3v) is 8.12. The molecule has 3 aliphatic heterocycles. The topological polar surface area (TPSA) is 59.1 Å². The summed E-state index contributed by atoms with van der Waals surface area (Å²) in [5, 5.41) is 0. The molecule has 2 fully saturated rings. The van der Waals surface area contributed by atoms with E-state index < -0.39 is 0 Å². The van der Waals surface area contributed by atoms with Crippen LogP contribution in [0.5, 0.6) is 11.5 Å². The van der Waals surface area contributed by atoms with Gasteiger partial charge in [0.1, 0.15) is 0 Å². The minimum Gasteiger partial charge on any atom is -0.454 e. The predicted molar refractivity (Wildman–Crippen MR) is 124 cm³/mol. The molecule has 1 unspecified atom stereocenters. The molecule has 172 valence electrons. The molecule has 2 aromatic rings. The minimum atomic E-state index is 0.0511. The summed E-state index contributed by atoms with van der Waals surface area (Å²) in [6.45, 7) is 3.49. The molecule has 2 aromatic carbocycles. The van der Waals surface area contributed by atoms with Crippen LogP contribution in [0.4, 0.5) is 0 Å². The molecular formula is C27H30N2O4. The van der Waals surface area contributed by atoms with Gasteiger partial charge in [-0.3, -0.25) is 9.59 Å². The van der Waals surface area contributed by atoms with Crippen molar-refractivity contribution in [2.24, 2.45) is 0 Å². The highest BCUT2D eigenvalue weighted by molar-refractivity contribution is 5.95. The Morgan fingerprint density at radius 1 is 0.909 bits per heavy atom. The molecule has 2 amide bonds. The second kappa shape index (κ2) is 8.08. The largest absolute Gasteiger partial charge is 0.454 e. The molecule has 0 saturated carbocycles. The average Bonchev–Trinajstić information content (AvgIpc) is 3.60. The van der Waals surface area contributed by atoms with Crippen LogP contribution in [0.3, 0.4) is 0 Å². The highest BCUT2D eigenvalue weighted by atomic mass is 16.7. The standard InChI is InChI=1S/C27H30N2O4/c30-25(28-11-3-4-12-28)16-20-17-27(22-6-2-1-5-21(20)22)9-13-29(14-10-27)26(31)19-7-8-23-24(15-19)33-18-32-23/h1-2,5-8,15,20H,3-4,9-14,16-18H2. The number of ether oxygens (including phenoxy) is 2. The molecule has 1 atom stereocenters. The Hall–Kier alpha value is -3.02. The van der Waals surface area contributed by atoms with Gasteiger partial charge in [-0.15, -0.1) is 0 Å². The molecule has 6 heteroatoms. The Balaban J connectivity index is 1.17. The molecule has 33 heavy (non-hydrogen) atoms. The SMILES string of the molecule is O=C(CC1CC2(CCN(C(=O)c3ccc4c(c3)OCO4)CC2)c2ccccc21)N1CCCC1. The van der Waals surface area contributed by atoms with E-state index in [1.54, 1.807) is 6.07 Å². The molecule has 6 rings (SSSR count). The van der Waals surface area contributed by atoms with Gasteiger partial charge in [0.15, 0.2) is 11.5 Å². The minimum absolute atomic E-state index is 0.0511. The summed E-state index contributed by atoms with van der Waals surface area (Å²) in [6.07, 6.45) is 5.76. The summed E-state index contributed by atoms with van der Waals surface area (Å²) in [5.74, 6) is 1.98. The van der Waals surface area contributed by atoms with Crippen molar-refractivity contribution >= 4 is 11.8 Å². The number of benzene rings is 2. The molecule has 0 radical (unpaired) electrons. The lowest BCUT2D eigenvalue weighted by Crippen LogP contribution is -2.44. The second-order valence-electron chi connectivity index (χ2n) is 9.92. The zero-order valence-electron chi connectivity index (χ0n) is 18.9. The Morgan fingerprint density at radius 2 is 1.67 bits per heavy atom. The van der Waals surface area contributed by atoms with Gasteiger partial charge in [0.25, 0.3) is 5.91 Å². The van der Waals surface area contributed by atoms with Gasteiger partial charge in [0.2, 0.25) is 12.7 Å². The fourth-order valence-electron chi connectivity index (χ4n) is 6.34. The number of carbonyl (C=O) groups excluding carboxylic acids is 2. The van der Waals surface area contributed by atoms with Crippen molar-refractivity contribution in [2.75, 3.05) is 33.0 Å².